The number of aromatic nitrogens is 3. The Kier molecular flexibility index (Phi) is 11.8. The topological polar surface area (TPSA) is 124 Å². The third-order valence-corrected chi connectivity index (χ3v) is 10.3. The molecular weight excluding hydrogens is 713 g/mol. The van der Waals surface area contributed by atoms with E-state index < -0.39 is 57.7 Å². The summed E-state index contributed by atoms with van der Waals surface area (Å²) in [5.41, 5.74) is -2.10. The van der Waals surface area contributed by atoms with Gasteiger partial charge in [0.15, 0.2) is 0 Å². The van der Waals surface area contributed by atoms with Crippen LogP contribution in [0.1, 0.15) is 72.3 Å². The Morgan fingerprint density at radius 2 is 1.73 bits per heavy atom. The number of ether oxygens (including phenoxy) is 3. The Bertz CT molecular complexity index is 1590. The van der Waals surface area contributed by atoms with Crippen LogP contribution in [-0.4, -0.2) is 74.2 Å². The average Bonchev–Trinajstić information content (AvgIpc) is 3.02. The number of benzene rings is 1. The molecule has 3 aromatic rings. The molecule has 10 nitrogen and oxygen atoms in total. The van der Waals surface area contributed by atoms with Crippen molar-refractivity contribution in [2.45, 2.75) is 69.1 Å². The van der Waals surface area contributed by atoms with Crippen LogP contribution in [0.2, 0.25) is 0 Å². The number of alkyl halides is 6. The summed E-state index contributed by atoms with van der Waals surface area (Å²) in [6, 6.07) is 4.38. The zero-order valence-electron chi connectivity index (χ0n) is 26.1. The molecule has 3 atom stereocenters. The fraction of sp³-hybridized carbons (Fsp3) is 0.452. The van der Waals surface area contributed by atoms with Gasteiger partial charge in [0.25, 0.3) is 0 Å². The number of fused-ring (bicyclic) bond motifs is 1. The summed E-state index contributed by atoms with van der Waals surface area (Å²) in [7, 11) is 1.45. The Balaban J connectivity index is 1.74. The number of hydrogen-bond acceptors (Lipinski definition) is 8. The molecule has 260 valence electrons. The summed E-state index contributed by atoms with van der Waals surface area (Å²) in [5.74, 6) is -0.754. The summed E-state index contributed by atoms with van der Waals surface area (Å²) >= 11 is -1.36. The van der Waals surface area contributed by atoms with Crippen molar-refractivity contribution in [2.75, 3.05) is 25.2 Å². The monoisotopic (exact) mass is 746 g/mol. The van der Waals surface area contributed by atoms with Crippen molar-refractivity contribution < 1.29 is 55.2 Å². The summed E-state index contributed by atoms with van der Waals surface area (Å²) in [5, 5.41) is 8.95. The van der Waals surface area contributed by atoms with E-state index in [0.717, 1.165) is 0 Å². The van der Waals surface area contributed by atoms with Crippen LogP contribution in [0.25, 0.3) is 0 Å². The molecule has 1 aromatic carbocycles. The van der Waals surface area contributed by atoms with Gasteiger partial charge in [0.1, 0.15) is 0 Å². The number of carboxylic acid groups (broad SMARTS) is 1. The van der Waals surface area contributed by atoms with Crippen LogP contribution in [0.15, 0.2) is 36.5 Å². The summed E-state index contributed by atoms with van der Waals surface area (Å²) in [6.07, 6.45) is -8.84. The van der Waals surface area contributed by atoms with Gasteiger partial charge in [-0.05, 0) is 0 Å². The summed E-state index contributed by atoms with van der Waals surface area (Å²) in [4.78, 5) is 39.1. The van der Waals surface area contributed by atoms with Gasteiger partial charge in [-0.15, -0.1) is 0 Å². The average molecular weight is 747 g/mol. The second-order valence-electron chi connectivity index (χ2n) is 10.8. The molecule has 0 aliphatic carbocycles. The minimum absolute atomic E-state index is 0.00506. The standard InChI is InChI=1S/C31H33AsF6N4O6/c1-4-20-15-21(27-23(8-9-25(41-27)46-3)42(20)29(45)47-5-2)32-28-39-16-24(48-10-6-7-26(43)44)22(40-28)13-17-11-18(30(33,34)35)14-19(12-17)31(36,37)38/h8-9,11-12,14,16,20-21,32H,4-7,10,13,15H2,1-3H3,(H,43,44)/t20-,21+/m1/s1. The Labute approximate surface area is 278 Å². The van der Waals surface area contributed by atoms with Crippen LogP contribution in [0.5, 0.6) is 11.6 Å². The predicted molar refractivity (Wildman–Crippen MR) is 162 cm³/mol. The molecule has 17 heteroatoms. The van der Waals surface area contributed by atoms with Crippen LogP contribution in [0, 0.1) is 0 Å². The number of nitrogens with zero attached hydrogens (tertiary/aromatic N) is 4. The zero-order valence-corrected chi connectivity index (χ0v) is 28.2. The van der Waals surface area contributed by atoms with Crippen LogP contribution in [-0.2, 0) is 28.3 Å². The molecular formula is C31H33AsF6N4O6. The van der Waals surface area contributed by atoms with E-state index in [9.17, 15) is 35.9 Å². The first-order valence-corrected chi connectivity index (χ1v) is 17.2. The van der Waals surface area contributed by atoms with Crippen molar-refractivity contribution in [3.63, 3.8) is 0 Å². The number of aliphatic carboxylic acids is 1. The molecule has 0 spiro atoms. The number of halogens is 6. The SMILES string of the molecule is CCOC(=O)N1c2ccc(OC)nc2[C@@H]([AsH]c2ncc(OCCCC(=O)O)c(Cc3cc(C(F)(F)F)cc(C(F)(F)F)c3)n2)C[C@H]1CC. The van der Waals surface area contributed by atoms with Gasteiger partial charge < -0.3 is 0 Å². The minimum atomic E-state index is -5.04. The number of carboxylic acids is 1. The number of amides is 1. The number of hydrogen-bond donors (Lipinski definition) is 1. The van der Waals surface area contributed by atoms with Crippen molar-refractivity contribution in [3.05, 3.63) is 64.6 Å². The number of pyridine rings is 1. The van der Waals surface area contributed by atoms with Gasteiger partial charge in [-0.25, -0.2) is 0 Å². The number of rotatable bonds is 12. The fourth-order valence-electron chi connectivity index (χ4n) is 5.22. The number of anilines is 1. The van der Waals surface area contributed by atoms with Crippen molar-refractivity contribution in [3.8, 4) is 11.6 Å². The summed E-state index contributed by atoms with van der Waals surface area (Å²) in [6.45, 7) is 3.68. The molecule has 0 bridgehead atoms. The van der Waals surface area contributed by atoms with Gasteiger partial charge in [-0.1, -0.05) is 0 Å². The van der Waals surface area contributed by atoms with E-state index in [0.29, 0.717) is 46.8 Å². The van der Waals surface area contributed by atoms with E-state index in [1.54, 1.807) is 24.0 Å². The Hall–Kier alpha value is -4.07. The molecule has 48 heavy (non-hydrogen) atoms. The van der Waals surface area contributed by atoms with Crippen molar-refractivity contribution in [1.29, 1.82) is 0 Å². The Morgan fingerprint density at radius 3 is 2.31 bits per heavy atom. The molecule has 4 rings (SSSR count). The second-order valence-corrected chi connectivity index (χ2v) is 13.8. The van der Waals surface area contributed by atoms with Crippen LogP contribution in [0.3, 0.4) is 0 Å². The van der Waals surface area contributed by atoms with E-state index in [1.807, 2.05) is 6.92 Å². The van der Waals surface area contributed by atoms with E-state index in [2.05, 4.69) is 15.0 Å². The van der Waals surface area contributed by atoms with Crippen molar-refractivity contribution >= 4 is 38.1 Å². The molecule has 2 aromatic heterocycles. The fourth-order valence-corrected chi connectivity index (χ4v) is 8.14. The van der Waals surface area contributed by atoms with Gasteiger partial charge in [0, 0.05) is 0 Å². The maximum atomic E-state index is 13.6. The predicted octanol–water partition coefficient (Wildman–Crippen LogP) is 5.70. The zero-order chi connectivity index (χ0) is 35.2. The molecule has 1 aliphatic heterocycles. The molecule has 0 fully saturated rings. The maximum absolute atomic E-state index is 13.6. The van der Waals surface area contributed by atoms with Gasteiger partial charge in [0.2, 0.25) is 0 Å². The van der Waals surface area contributed by atoms with Gasteiger partial charge >= 0.3 is 279 Å². The van der Waals surface area contributed by atoms with E-state index >= 15 is 0 Å². The first-order chi connectivity index (χ1) is 22.6. The van der Waals surface area contributed by atoms with Gasteiger partial charge in [-0.3, -0.25) is 0 Å². The normalized spacial score (nSPS) is 16.6. The summed E-state index contributed by atoms with van der Waals surface area (Å²) < 4.78 is 98.0. The second kappa shape index (κ2) is 15.4. The third kappa shape index (κ3) is 9.08. The van der Waals surface area contributed by atoms with Crippen molar-refractivity contribution in [1.82, 2.24) is 15.0 Å². The third-order valence-electron chi connectivity index (χ3n) is 7.43. The molecule has 3 heterocycles. The van der Waals surface area contributed by atoms with Crippen LogP contribution >= 0.6 is 0 Å². The van der Waals surface area contributed by atoms with Gasteiger partial charge in [0.05, 0.1) is 0 Å². The molecule has 0 radical (unpaired) electrons. The molecule has 1 amide bonds. The molecule has 0 saturated heterocycles. The number of carbonyl (C=O) groups excluding carboxylic acids is 1. The molecule has 0 saturated carbocycles. The van der Waals surface area contributed by atoms with E-state index in [-0.39, 0.29) is 59.9 Å². The first-order valence-electron chi connectivity index (χ1n) is 14.9. The molecule has 1 unspecified atom stereocenters. The molecule has 1 aliphatic rings. The van der Waals surface area contributed by atoms with Crippen molar-refractivity contribution in [2.24, 2.45) is 0 Å². The van der Waals surface area contributed by atoms with Crippen LogP contribution < -0.4 is 19.0 Å². The quantitative estimate of drug-likeness (QED) is 0.141. The molecule has 1 N–H and O–H groups in total. The van der Waals surface area contributed by atoms with Crippen LogP contribution in [0.4, 0.5) is 36.8 Å². The van der Waals surface area contributed by atoms with E-state index in [4.69, 9.17) is 19.3 Å². The first kappa shape index (κ1) is 36.8. The number of carbonyl (C=O) groups is 2. The number of methoxy groups -OCH3 is 1. The van der Waals surface area contributed by atoms with E-state index in [1.165, 1.54) is 13.3 Å². The van der Waals surface area contributed by atoms with Gasteiger partial charge in [-0.2, -0.15) is 0 Å². The Morgan fingerprint density at radius 1 is 1.04 bits per heavy atom.